The minimum absolute atomic E-state index is 0.0602. The molecule has 6 heteroatoms. The van der Waals surface area contributed by atoms with Crippen molar-refractivity contribution >= 4 is 15.9 Å². The lowest BCUT2D eigenvalue weighted by Gasteiger charge is -2.30. The average Bonchev–Trinajstić information content (AvgIpc) is 2.59. The number of benzene rings is 1. The van der Waals surface area contributed by atoms with Crippen LogP contribution in [-0.4, -0.2) is 44.0 Å². The van der Waals surface area contributed by atoms with Crippen molar-refractivity contribution in [1.29, 1.82) is 0 Å². The van der Waals surface area contributed by atoms with Crippen molar-refractivity contribution in [1.82, 2.24) is 9.62 Å². The summed E-state index contributed by atoms with van der Waals surface area (Å²) in [4.78, 5) is 12.2. The molecule has 1 aromatic carbocycles. The Morgan fingerprint density at radius 3 is 2.48 bits per heavy atom. The first-order valence-corrected chi connectivity index (χ1v) is 9.93. The Hall–Kier alpha value is -1.40. The molecule has 1 N–H and O–H groups in total. The number of nitrogens with one attached hydrogen (secondary N) is 1. The van der Waals surface area contributed by atoms with E-state index in [9.17, 15) is 13.2 Å². The third-order valence-electron chi connectivity index (χ3n) is 4.37. The predicted molar refractivity (Wildman–Crippen MR) is 91.5 cm³/mol. The Morgan fingerprint density at radius 1 is 1.22 bits per heavy atom. The van der Waals surface area contributed by atoms with Gasteiger partial charge in [0.15, 0.2) is 0 Å². The van der Waals surface area contributed by atoms with Crippen molar-refractivity contribution in [2.45, 2.75) is 32.6 Å². The Labute approximate surface area is 139 Å². The molecule has 1 aliphatic rings. The number of carbonyl (C=O) groups excluding carboxylic acids is 1. The molecule has 0 atom stereocenters. The minimum Gasteiger partial charge on any atom is -0.356 e. The van der Waals surface area contributed by atoms with Gasteiger partial charge in [-0.05, 0) is 38.2 Å². The molecular weight excluding hydrogens is 312 g/mol. The molecule has 1 heterocycles. The molecule has 1 saturated heterocycles. The first-order valence-electron chi connectivity index (χ1n) is 8.32. The van der Waals surface area contributed by atoms with Gasteiger partial charge in [-0.3, -0.25) is 4.79 Å². The van der Waals surface area contributed by atoms with E-state index < -0.39 is 10.0 Å². The monoisotopic (exact) mass is 338 g/mol. The molecular formula is C17H26N2O3S. The summed E-state index contributed by atoms with van der Waals surface area (Å²) in [5.74, 6) is 0.130. The normalized spacial score (nSPS) is 17.1. The average molecular weight is 338 g/mol. The Morgan fingerprint density at radius 2 is 1.87 bits per heavy atom. The number of sulfonamides is 1. The van der Waals surface area contributed by atoms with Crippen LogP contribution in [0.15, 0.2) is 30.3 Å². The predicted octanol–water partition coefficient (Wildman–Crippen LogP) is 1.80. The third-order valence-corrected chi connectivity index (χ3v) is 6.25. The summed E-state index contributed by atoms with van der Waals surface area (Å²) in [5, 5.41) is 2.98. The summed E-state index contributed by atoms with van der Waals surface area (Å²) in [6.45, 7) is 3.23. The fourth-order valence-corrected chi connectivity index (χ4v) is 4.00. The van der Waals surface area contributed by atoms with E-state index in [1.165, 1.54) is 9.87 Å². The highest BCUT2D eigenvalue weighted by Gasteiger charge is 2.29. The molecule has 1 aliphatic heterocycles. The molecule has 0 spiro atoms. The van der Waals surface area contributed by atoms with Crippen LogP contribution in [0.25, 0.3) is 0 Å². The fourth-order valence-electron chi connectivity index (χ4n) is 2.87. The molecule has 128 valence electrons. The smallest absolute Gasteiger partial charge is 0.223 e. The lowest BCUT2D eigenvalue weighted by molar-refractivity contribution is -0.126. The summed E-state index contributed by atoms with van der Waals surface area (Å²) in [6, 6.07) is 10.2. The topological polar surface area (TPSA) is 66.5 Å². The van der Waals surface area contributed by atoms with Crippen LogP contribution in [0.5, 0.6) is 0 Å². The van der Waals surface area contributed by atoms with Gasteiger partial charge in [0, 0.05) is 25.6 Å². The van der Waals surface area contributed by atoms with Crippen LogP contribution in [-0.2, 0) is 21.2 Å². The lowest BCUT2D eigenvalue weighted by atomic mass is 9.97. The maximum Gasteiger partial charge on any atom is 0.223 e. The zero-order valence-electron chi connectivity index (χ0n) is 13.7. The molecule has 5 nitrogen and oxygen atoms in total. The number of carbonyl (C=O) groups is 1. The van der Waals surface area contributed by atoms with Gasteiger partial charge in [-0.2, -0.15) is 0 Å². The van der Waals surface area contributed by atoms with Crippen LogP contribution in [0.2, 0.25) is 0 Å². The molecule has 2 rings (SSSR count). The van der Waals surface area contributed by atoms with Gasteiger partial charge < -0.3 is 5.32 Å². The Bertz CT molecular complexity index is 594. The van der Waals surface area contributed by atoms with Crippen molar-refractivity contribution in [3.05, 3.63) is 35.9 Å². The van der Waals surface area contributed by atoms with E-state index in [-0.39, 0.29) is 17.6 Å². The van der Waals surface area contributed by atoms with Crippen molar-refractivity contribution in [3.8, 4) is 0 Å². The minimum atomic E-state index is -3.12. The molecule has 0 aromatic heterocycles. The van der Waals surface area contributed by atoms with E-state index in [1.807, 2.05) is 18.2 Å². The van der Waals surface area contributed by atoms with Crippen LogP contribution in [0.3, 0.4) is 0 Å². The summed E-state index contributed by atoms with van der Waals surface area (Å²) in [7, 11) is -3.12. The van der Waals surface area contributed by atoms with Gasteiger partial charge in [0.05, 0.1) is 5.75 Å². The van der Waals surface area contributed by atoms with Crippen LogP contribution < -0.4 is 5.32 Å². The first kappa shape index (κ1) is 17.9. The molecule has 0 radical (unpaired) electrons. The molecule has 1 aromatic rings. The van der Waals surface area contributed by atoms with Crippen LogP contribution in [0.4, 0.5) is 0 Å². The summed E-state index contributed by atoms with van der Waals surface area (Å²) < 4.78 is 25.1. The molecule has 1 fully saturated rings. The number of hydrogen-bond acceptors (Lipinski definition) is 3. The van der Waals surface area contributed by atoms with Crippen LogP contribution in [0.1, 0.15) is 31.7 Å². The maximum absolute atomic E-state index is 12.2. The second-order valence-corrected chi connectivity index (χ2v) is 8.21. The lowest BCUT2D eigenvalue weighted by Crippen LogP contribution is -2.43. The number of hydrogen-bond donors (Lipinski definition) is 1. The molecule has 1 amide bonds. The largest absolute Gasteiger partial charge is 0.356 e. The van der Waals surface area contributed by atoms with Crippen molar-refractivity contribution in [2.75, 3.05) is 25.4 Å². The Kier molecular flexibility index (Phi) is 6.59. The van der Waals surface area contributed by atoms with Crippen LogP contribution >= 0.6 is 0 Å². The van der Waals surface area contributed by atoms with Crippen molar-refractivity contribution in [3.63, 3.8) is 0 Å². The fraction of sp³-hybridized carbons (Fsp3) is 0.588. The van der Waals surface area contributed by atoms with Gasteiger partial charge in [-0.25, -0.2) is 12.7 Å². The summed E-state index contributed by atoms with van der Waals surface area (Å²) >= 11 is 0. The molecule has 0 saturated carbocycles. The summed E-state index contributed by atoms with van der Waals surface area (Å²) in [5.41, 5.74) is 1.28. The van der Waals surface area contributed by atoms with E-state index in [0.717, 1.165) is 12.8 Å². The number of amides is 1. The van der Waals surface area contributed by atoms with E-state index in [1.54, 1.807) is 6.92 Å². The van der Waals surface area contributed by atoms with Gasteiger partial charge in [-0.15, -0.1) is 0 Å². The van der Waals surface area contributed by atoms with E-state index >= 15 is 0 Å². The standard InChI is InChI=1S/C17H26N2O3S/c1-2-23(21,22)19-13-10-16(11-14-19)17(20)18-12-6-9-15-7-4-3-5-8-15/h3-5,7-8,16H,2,6,9-14H2,1H3,(H,18,20). The third kappa shape index (κ3) is 5.32. The van der Waals surface area contributed by atoms with Crippen LogP contribution in [0, 0.1) is 5.92 Å². The number of piperidine rings is 1. The summed E-state index contributed by atoms with van der Waals surface area (Å²) in [6.07, 6.45) is 3.10. The number of rotatable bonds is 7. The first-order chi connectivity index (χ1) is 11.0. The highest BCUT2D eigenvalue weighted by molar-refractivity contribution is 7.89. The SMILES string of the molecule is CCS(=O)(=O)N1CCC(C(=O)NCCCc2ccccc2)CC1. The molecule has 0 aliphatic carbocycles. The molecule has 0 unspecified atom stereocenters. The van der Waals surface area contributed by atoms with Gasteiger partial charge >= 0.3 is 0 Å². The second kappa shape index (κ2) is 8.45. The molecule has 0 bridgehead atoms. The maximum atomic E-state index is 12.2. The van der Waals surface area contributed by atoms with Gasteiger partial charge in [-0.1, -0.05) is 30.3 Å². The van der Waals surface area contributed by atoms with Crippen molar-refractivity contribution in [2.24, 2.45) is 5.92 Å². The quantitative estimate of drug-likeness (QED) is 0.771. The Balaban J connectivity index is 1.67. The van der Waals surface area contributed by atoms with Gasteiger partial charge in [0.2, 0.25) is 15.9 Å². The zero-order valence-corrected chi connectivity index (χ0v) is 14.5. The second-order valence-electron chi connectivity index (χ2n) is 5.95. The number of nitrogens with zero attached hydrogens (tertiary/aromatic N) is 1. The van der Waals surface area contributed by atoms with E-state index in [0.29, 0.717) is 32.5 Å². The number of aryl methyl sites for hydroxylation is 1. The van der Waals surface area contributed by atoms with Crippen molar-refractivity contribution < 1.29 is 13.2 Å². The molecule has 23 heavy (non-hydrogen) atoms. The highest BCUT2D eigenvalue weighted by atomic mass is 32.2. The van der Waals surface area contributed by atoms with Gasteiger partial charge in [0.25, 0.3) is 0 Å². The zero-order chi connectivity index (χ0) is 16.7. The van der Waals surface area contributed by atoms with E-state index in [4.69, 9.17) is 0 Å². The van der Waals surface area contributed by atoms with Gasteiger partial charge in [0.1, 0.15) is 0 Å². The highest BCUT2D eigenvalue weighted by Crippen LogP contribution is 2.20. The van der Waals surface area contributed by atoms with E-state index in [2.05, 4.69) is 17.4 Å².